The first kappa shape index (κ1) is 25.1. The lowest BCUT2D eigenvalue weighted by Crippen LogP contribution is -2.00. The molecule has 0 amide bonds. The van der Waals surface area contributed by atoms with Gasteiger partial charge in [0.25, 0.3) is 6.43 Å². The second-order valence-corrected chi connectivity index (χ2v) is 9.86. The molecular formula is C30H23ClF2NO2P. The Bertz CT molecular complexity index is 1660. The number of methoxy groups -OCH3 is 1. The predicted octanol–water partition coefficient (Wildman–Crippen LogP) is 8.36. The molecule has 0 fully saturated rings. The third kappa shape index (κ3) is 4.66. The Morgan fingerprint density at radius 1 is 0.946 bits per heavy atom. The van der Waals surface area contributed by atoms with Crippen LogP contribution in [0.5, 0.6) is 0 Å². The Morgan fingerprint density at radius 3 is 2.43 bits per heavy atom. The zero-order valence-corrected chi connectivity index (χ0v) is 22.0. The lowest BCUT2D eigenvalue weighted by Gasteiger charge is -2.15. The zero-order valence-electron chi connectivity index (χ0n) is 20.1. The fraction of sp³-hybridized carbons (Fsp3) is 0.100. The van der Waals surface area contributed by atoms with Crippen molar-refractivity contribution < 1.29 is 18.3 Å². The first-order valence-corrected chi connectivity index (χ1v) is 12.5. The minimum Gasteiger partial charge on any atom is -0.465 e. The summed E-state index contributed by atoms with van der Waals surface area (Å²) in [5.41, 5.74) is 6.37. The molecule has 3 nitrogen and oxygen atoms in total. The number of carbonyl (C=O) groups excluding carboxylic acids is 1. The number of hydrogen-bond acceptors (Lipinski definition) is 2. The Morgan fingerprint density at radius 2 is 1.70 bits per heavy atom. The molecule has 5 aromatic rings. The average molecular weight is 534 g/mol. The Balaban J connectivity index is 1.74. The van der Waals surface area contributed by atoms with Crippen molar-refractivity contribution in [1.29, 1.82) is 0 Å². The van der Waals surface area contributed by atoms with Gasteiger partial charge < -0.3 is 9.72 Å². The van der Waals surface area contributed by atoms with Crippen LogP contribution in [0.25, 0.3) is 44.4 Å². The Kier molecular flexibility index (Phi) is 6.85. The van der Waals surface area contributed by atoms with E-state index in [1.807, 2.05) is 55.5 Å². The van der Waals surface area contributed by atoms with E-state index in [-0.39, 0.29) is 5.56 Å². The average Bonchev–Trinajstić information content (AvgIpc) is 3.26. The van der Waals surface area contributed by atoms with Crippen LogP contribution in [0.3, 0.4) is 0 Å². The van der Waals surface area contributed by atoms with Crippen LogP contribution >= 0.6 is 20.8 Å². The number of alkyl halides is 2. The summed E-state index contributed by atoms with van der Waals surface area (Å²) in [6.07, 6.45) is -2.62. The van der Waals surface area contributed by atoms with Gasteiger partial charge in [-0.2, -0.15) is 0 Å². The lowest BCUT2D eigenvalue weighted by atomic mass is 9.90. The molecule has 37 heavy (non-hydrogen) atoms. The molecule has 1 aromatic heterocycles. The van der Waals surface area contributed by atoms with Crippen molar-refractivity contribution >= 4 is 43.0 Å². The molecule has 1 heterocycles. The van der Waals surface area contributed by atoms with Gasteiger partial charge in [-0.25, -0.2) is 13.6 Å². The molecule has 1 N–H and O–H groups in total. The normalized spacial score (nSPS) is 11.3. The smallest absolute Gasteiger partial charge is 0.337 e. The summed E-state index contributed by atoms with van der Waals surface area (Å²) in [6, 6.07) is 23.7. The van der Waals surface area contributed by atoms with E-state index in [1.54, 1.807) is 24.3 Å². The molecule has 0 aliphatic rings. The number of aromatic amines is 1. The summed E-state index contributed by atoms with van der Waals surface area (Å²) < 4.78 is 33.2. The molecule has 0 aliphatic heterocycles. The van der Waals surface area contributed by atoms with Crippen LogP contribution in [-0.4, -0.2) is 18.1 Å². The van der Waals surface area contributed by atoms with Crippen molar-refractivity contribution in [1.82, 2.24) is 4.98 Å². The molecule has 186 valence electrons. The van der Waals surface area contributed by atoms with Gasteiger partial charge in [0.15, 0.2) is 0 Å². The number of H-pyrrole nitrogens is 1. The quantitative estimate of drug-likeness (QED) is 0.182. The van der Waals surface area contributed by atoms with Crippen LogP contribution in [0.15, 0.2) is 78.9 Å². The van der Waals surface area contributed by atoms with Crippen LogP contribution in [0, 0.1) is 6.92 Å². The van der Waals surface area contributed by atoms with E-state index in [4.69, 9.17) is 16.3 Å². The van der Waals surface area contributed by atoms with E-state index in [1.165, 1.54) is 13.2 Å². The van der Waals surface area contributed by atoms with E-state index < -0.39 is 12.4 Å². The number of aryl methyl sites for hydroxylation is 1. The van der Waals surface area contributed by atoms with Gasteiger partial charge in [-0.1, -0.05) is 60.1 Å². The third-order valence-electron chi connectivity index (χ3n) is 6.47. The van der Waals surface area contributed by atoms with Gasteiger partial charge in [-0.3, -0.25) is 0 Å². The van der Waals surface area contributed by atoms with E-state index in [0.717, 1.165) is 49.7 Å². The number of aromatic nitrogens is 1. The van der Waals surface area contributed by atoms with Crippen LogP contribution in [0.2, 0.25) is 5.02 Å². The van der Waals surface area contributed by atoms with E-state index in [9.17, 15) is 13.6 Å². The largest absolute Gasteiger partial charge is 0.465 e. The number of benzene rings is 4. The summed E-state index contributed by atoms with van der Waals surface area (Å²) in [6.45, 7) is 1.85. The number of ether oxygens (including phenoxy) is 1. The number of nitrogens with one attached hydrogen (secondary N) is 1. The molecule has 1 unspecified atom stereocenters. The van der Waals surface area contributed by atoms with Gasteiger partial charge in [-0.05, 0) is 64.8 Å². The van der Waals surface area contributed by atoms with Gasteiger partial charge in [0.2, 0.25) is 0 Å². The lowest BCUT2D eigenvalue weighted by molar-refractivity contribution is 0.0600. The van der Waals surface area contributed by atoms with E-state index in [0.29, 0.717) is 16.1 Å². The second-order valence-electron chi connectivity index (χ2n) is 8.79. The zero-order chi connectivity index (χ0) is 26.3. The van der Waals surface area contributed by atoms with Crippen molar-refractivity contribution in [3.63, 3.8) is 0 Å². The van der Waals surface area contributed by atoms with E-state index in [2.05, 4.69) is 14.2 Å². The molecule has 0 aliphatic carbocycles. The number of halogens is 3. The summed E-state index contributed by atoms with van der Waals surface area (Å²) in [5, 5.41) is 2.23. The van der Waals surface area contributed by atoms with Crippen LogP contribution in [0.4, 0.5) is 8.78 Å². The monoisotopic (exact) mass is 533 g/mol. The number of hydrogen-bond donors (Lipinski definition) is 1. The van der Waals surface area contributed by atoms with Crippen molar-refractivity contribution in [3.05, 3.63) is 101 Å². The second kappa shape index (κ2) is 10.1. The summed E-state index contributed by atoms with van der Waals surface area (Å²) in [5.74, 6) is -0.466. The highest BCUT2D eigenvalue weighted by Crippen LogP contribution is 2.44. The Labute approximate surface area is 220 Å². The minimum absolute atomic E-state index is 0.00564. The topological polar surface area (TPSA) is 42.1 Å². The molecule has 4 aromatic carbocycles. The number of rotatable bonds is 5. The first-order valence-electron chi connectivity index (χ1n) is 11.6. The number of esters is 1. The van der Waals surface area contributed by atoms with Gasteiger partial charge >= 0.3 is 5.97 Å². The molecule has 0 spiro atoms. The van der Waals surface area contributed by atoms with Crippen LogP contribution in [0.1, 0.15) is 27.9 Å². The van der Waals surface area contributed by atoms with Crippen molar-refractivity contribution in [2.45, 2.75) is 13.3 Å². The van der Waals surface area contributed by atoms with Crippen LogP contribution in [-0.2, 0) is 4.74 Å². The maximum Gasteiger partial charge on any atom is 0.337 e. The fourth-order valence-corrected chi connectivity index (χ4v) is 5.29. The first-order chi connectivity index (χ1) is 17.8. The maximum atomic E-state index is 14.2. The van der Waals surface area contributed by atoms with Gasteiger partial charge in [0, 0.05) is 32.6 Å². The van der Waals surface area contributed by atoms with Crippen LogP contribution < -0.4 is 5.30 Å². The van der Waals surface area contributed by atoms with Gasteiger partial charge in [0.05, 0.1) is 18.4 Å². The summed E-state index contributed by atoms with van der Waals surface area (Å²) in [7, 11) is 3.99. The van der Waals surface area contributed by atoms with Crippen molar-refractivity contribution in [3.8, 4) is 33.5 Å². The molecule has 5 rings (SSSR count). The molecule has 0 bridgehead atoms. The predicted molar refractivity (Wildman–Crippen MR) is 150 cm³/mol. The van der Waals surface area contributed by atoms with Crippen molar-refractivity contribution in [2.24, 2.45) is 0 Å². The molecule has 0 saturated carbocycles. The Hall–Kier alpha value is -3.53. The standard InChI is InChI=1S/C30H23ClF2NO2P/c1-16-5-3-8-22(29(32)33)26(16)27-23-15-20(37)10-12-25(23)34-28(27)18-7-4-6-17(13-18)21-11-9-19(14-24(21)31)30(35)36-2/h3-15,29,34H,37H2,1-2H3. The fourth-order valence-electron chi connectivity index (χ4n) is 4.74. The highest BCUT2D eigenvalue weighted by Gasteiger charge is 2.23. The van der Waals surface area contributed by atoms with E-state index >= 15 is 0 Å². The molecule has 0 saturated heterocycles. The van der Waals surface area contributed by atoms with Gasteiger partial charge in [-0.15, -0.1) is 9.24 Å². The minimum atomic E-state index is -2.62. The third-order valence-corrected chi connectivity index (χ3v) is 7.14. The molecular weight excluding hydrogens is 511 g/mol. The molecule has 0 radical (unpaired) electrons. The highest BCUT2D eigenvalue weighted by molar-refractivity contribution is 7.27. The van der Waals surface area contributed by atoms with Crippen molar-refractivity contribution in [2.75, 3.05) is 7.11 Å². The highest BCUT2D eigenvalue weighted by atomic mass is 35.5. The van der Waals surface area contributed by atoms with Gasteiger partial charge in [0.1, 0.15) is 0 Å². The molecule has 7 heteroatoms. The number of carbonyl (C=O) groups is 1. The molecule has 1 atom stereocenters. The summed E-state index contributed by atoms with van der Waals surface area (Å²) >= 11 is 6.55. The maximum absolute atomic E-state index is 14.2. The SMILES string of the molecule is COC(=O)c1ccc(-c2cccc(-c3[nH]c4ccc(P)cc4c3-c3c(C)cccc3C(F)F)c2)c(Cl)c1. The number of fused-ring (bicyclic) bond motifs is 1. The summed E-state index contributed by atoms with van der Waals surface area (Å²) in [4.78, 5) is 15.4.